The van der Waals surface area contributed by atoms with E-state index in [9.17, 15) is 13.2 Å². The van der Waals surface area contributed by atoms with Crippen LogP contribution >= 0.6 is 23.2 Å². The zero-order valence-corrected chi connectivity index (χ0v) is 14.5. The van der Waals surface area contributed by atoms with Gasteiger partial charge in [0.25, 0.3) is 5.91 Å². The molecule has 0 aliphatic heterocycles. The van der Waals surface area contributed by atoms with Gasteiger partial charge in [-0.2, -0.15) is 0 Å². The van der Waals surface area contributed by atoms with Gasteiger partial charge in [-0.15, -0.1) is 0 Å². The van der Waals surface area contributed by atoms with Crippen molar-refractivity contribution in [1.29, 1.82) is 0 Å². The average Bonchev–Trinajstić information content (AvgIpc) is 2.50. The number of halogens is 2. The molecule has 0 aromatic heterocycles. The van der Waals surface area contributed by atoms with Gasteiger partial charge in [-0.1, -0.05) is 41.4 Å². The number of hydrogen-bond acceptors (Lipinski definition) is 3. The van der Waals surface area contributed by atoms with Crippen LogP contribution in [0.1, 0.15) is 15.9 Å². The maximum Gasteiger partial charge on any atom is 0.250 e. The topological polar surface area (TPSA) is 80.5 Å². The van der Waals surface area contributed by atoms with E-state index in [4.69, 9.17) is 28.9 Å². The summed E-state index contributed by atoms with van der Waals surface area (Å²) >= 11 is 11.7. The molecule has 2 aromatic rings. The molecule has 0 spiro atoms. The molecule has 0 saturated carbocycles. The first-order chi connectivity index (χ1) is 10.7. The number of amides is 1. The van der Waals surface area contributed by atoms with Crippen molar-refractivity contribution in [3.8, 4) is 0 Å². The van der Waals surface area contributed by atoms with Gasteiger partial charge in [0.15, 0.2) is 0 Å². The second-order valence-electron chi connectivity index (χ2n) is 4.85. The van der Waals surface area contributed by atoms with Crippen molar-refractivity contribution in [3.63, 3.8) is 0 Å². The fourth-order valence-electron chi connectivity index (χ4n) is 2.04. The maximum atomic E-state index is 12.6. The highest BCUT2D eigenvalue weighted by Crippen LogP contribution is 2.26. The number of para-hydroxylation sites is 1. The molecule has 0 fully saturated rings. The lowest BCUT2D eigenvalue weighted by atomic mass is 10.2. The van der Waals surface area contributed by atoms with Crippen LogP contribution in [0, 0.1) is 0 Å². The summed E-state index contributed by atoms with van der Waals surface area (Å²) in [5.74, 6) is -0.981. The van der Waals surface area contributed by atoms with Crippen molar-refractivity contribution in [2.45, 2.75) is 5.75 Å². The van der Waals surface area contributed by atoms with Crippen LogP contribution in [0.25, 0.3) is 0 Å². The predicted octanol–water partition coefficient (Wildman–Crippen LogP) is 3.06. The second kappa shape index (κ2) is 6.78. The maximum absolute atomic E-state index is 12.6. The zero-order valence-electron chi connectivity index (χ0n) is 12.2. The van der Waals surface area contributed by atoms with Crippen LogP contribution in [-0.2, 0) is 15.8 Å². The third kappa shape index (κ3) is 3.96. The van der Waals surface area contributed by atoms with E-state index in [2.05, 4.69) is 0 Å². The average molecular weight is 373 g/mol. The molecule has 1 amide bonds. The molecule has 0 unspecified atom stereocenters. The minimum Gasteiger partial charge on any atom is -0.366 e. The van der Waals surface area contributed by atoms with Gasteiger partial charge in [0, 0.05) is 7.05 Å². The van der Waals surface area contributed by atoms with Crippen LogP contribution in [0.4, 0.5) is 5.69 Å². The van der Waals surface area contributed by atoms with Crippen LogP contribution in [0.15, 0.2) is 42.5 Å². The normalized spacial score (nSPS) is 11.3. The summed E-state index contributed by atoms with van der Waals surface area (Å²) in [6.07, 6.45) is 0. The molecule has 23 heavy (non-hydrogen) atoms. The van der Waals surface area contributed by atoms with Crippen molar-refractivity contribution in [2.24, 2.45) is 5.73 Å². The standard InChI is InChI=1S/C15H14Cl2N2O3S/c1-19(14-5-3-2-4-11(14)15(18)20)23(21,22)9-10-6-7-12(16)13(17)8-10/h2-8H,9H2,1H3,(H2,18,20). The van der Waals surface area contributed by atoms with Gasteiger partial charge in [0.05, 0.1) is 27.0 Å². The summed E-state index contributed by atoms with van der Waals surface area (Å²) in [5.41, 5.74) is 6.14. The molecule has 0 bridgehead atoms. The molecule has 0 aliphatic carbocycles. The van der Waals surface area contributed by atoms with Gasteiger partial charge >= 0.3 is 0 Å². The van der Waals surface area contributed by atoms with E-state index >= 15 is 0 Å². The fourth-order valence-corrected chi connectivity index (χ4v) is 3.62. The molecule has 5 nitrogen and oxygen atoms in total. The predicted molar refractivity (Wildman–Crippen MR) is 92.4 cm³/mol. The van der Waals surface area contributed by atoms with Gasteiger partial charge in [-0.3, -0.25) is 9.10 Å². The summed E-state index contributed by atoms with van der Waals surface area (Å²) in [7, 11) is -2.36. The van der Waals surface area contributed by atoms with E-state index in [1.807, 2.05) is 0 Å². The molecular weight excluding hydrogens is 359 g/mol. The van der Waals surface area contributed by atoms with Crippen LogP contribution in [0.2, 0.25) is 10.0 Å². The molecule has 2 aromatic carbocycles. The summed E-state index contributed by atoms with van der Waals surface area (Å²) in [4.78, 5) is 11.5. The lowest BCUT2D eigenvalue weighted by molar-refractivity contribution is 0.100. The fraction of sp³-hybridized carbons (Fsp3) is 0.133. The van der Waals surface area contributed by atoms with Crippen molar-refractivity contribution in [3.05, 3.63) is 63.6 Å². The number of nitrogens with zero attached hydrogens (tertiary/aromatic N) is 1. The molecule has 0 heterocycles. The second-order valence-corrected chi connectivity index (χ2v) is 7.67. The van der Waals surface area contributed by atoms with Gasteiger partial charge in [0.1, 0.15) is 0 Å². The molecule has 0 saturated heterocycles. The van der Waals surface area contributed by atoms with Crippen molar-refractivity contribution >= 4 is 44.8 Å². The number of rotatable bonds is 5. The Morgan fingerprint density at radius 3 is 2.39 bits per heavy atom. The van der Waals surface area contributed by atoms with Gasteiger partial charge in [0.2, 0.25) is 10.0 Å². The SMILES string of the molecule is CN(c1ccccc1C(N)=O)S(=O)(=O)Cc1ccc(Cl)c(Cl)c1. The van der Waals surface area contributed by atoms with E-state index in [1.54, 1.807) is 18.2 Å². The lowest BCUT2D eigenvalue weighted by Crippen LogP contribution is -2.30. The number of sulfonamides is 1. The summed E-state index contributed by atoms with van der Waals surface area (Å²) in [5, 5.41) is 0.625. The Morgan fingerprint density at radius 2 is 1.78 bits per heavy atom. The summed E-state index contributed by atoms with van der Waals surface area (Å²) < 4.78 is 26.2. The van der Waals surface area contributed by atoms with Crippen molar-refractivity contribution < 1.29 is 13.2 Å². The van der Waals surface area contributed by atoms with E-state index in [1.165, 1.54) is 31.3 Å². The Labute approximate surface area is 144 Å². The number of hydrogen-bond donors (Lipinski definition) is 1. The number of benzene rings is 2. The van der Waals surface area contributed by atoms with Crippen LogP contribution in [0.5, 0.6) is 0 Å². The van der Waals surface area contributed by atoms with E-state index in [-0.39, 0.29) is 22.0 Å². The third-order valence-electron chi connectivity index (χ3n) is 3.26. The molecule has 122 valence electrons. The Hall–Kier alpha value is -1.76. The van der Waals surface area contributed by atoms with Crippen LogP contribution in [0.3, 0.4) is 0 Å². The Bertz CT molecular complexity index is 854. The van der Waals surface area contributed by atoms with Gasteiger partial charge in [-0.05, 0) is 29.8 Å². The number of carbonyl (C=O) groups is 1. The highest BCUT2D eigenvalue weighted by molar-refractivity contribution is 7.92. The van der Waals surface area contributed by atoms with E-state index < -0.39 is 15.9 Å². The number of primary amides is 1. The van der Waals surface area contributed by atoms with Crippen molar-refractivity contribution in [2.75, 3.05) is 11.4 Å². The molecule has 0 atom stereocenters. The molecule has 8 heteroatoms. The van der Waals surface area contributed by atoms with Gasteiger partial charge in [-0.25, -0.2) is 8.42 Å². The summed E-state index contributed by atoms with van der Waals surface area (Å²) in [6, 6.07) is 10.9. The minimum atomic E-state index is -3.73. The molecule has 2 rings (SSSR count). The quantitative estimate of drug-likeness (QED) is 0.875. The third-order valence-corrected chi connectivity index (χ3v) is 5.73. The zero-order chi connectivity index (χ0) is 17.2. The van der Waals surface area contributed by atoms with Crippen LogP contribution < -0.4 is 10.0 Å². The molecule has 0 radical (unpaired) electrons. The summed E-state index contributed by atoms with van der Waals surface area (Å²) in [6.45, 7) is 0. The number of nitrogens with two attached hydrogens (primary N) is 1. The molecule has 0 aliphatic rings. The van der Waals surface area contributed by atoms with Crippen LogP contribution in [-0.4, -0.2) is 21.4 Å². The number of anilines is 1. The lowest BCUT2D eigenvalue weighted by Gasteiger charge is -2.21. The Morgan fingerprint density at radius 1 is 1.13 bits per heavy atom. The number of carbonyl (C=O) groups excluding carboxylic acids is 1. The monoisotopic (exact) mass is 372 g/mol. The van der Waals surface area contributed by atoms with E-state index in [0.717, 1.165) is 4.31 Å². The minimum absolute atomic E-state index is 0.132. The molecular formula is C15H14Cl2N2O3S. The van der Waals surface area contributed by atoms with Crippen molar-refractivity contribution in [1.82, 2.24) is 0 Å². The largest absolute Gasteiger partial charge is 0.366 e. The van der Waals surface area contributed by atoms with Gasteiger partial charge < -0.3 is 5.73 Å². The highest BCUT2D eigenvalue weighted by Gasteiger charge is 2.23. The first kappa shape index (κ1) is 17.6. The Balaban J connectivity index is 2.36. The smallest absolute Gasteiger partial charge is 0.250 e. The highest BCUT2D eigenvalue weighted by atomic mass is 35.5. The first-order valence-corrected chi connectivity index (χ1v) is 8.88. The molecule has 2 N–H and O–H groups in total. The van der Waals surface area contributed by atoms with E-state index in [0.29, 0.717) is 10.6 Å². The first-order valence-electron chi connectivity index (χ1n) is 6.52. The Kier molecular flexibility index (Phi) is 5.19.